The Morgan fingerprint density at radius 2 is 1.50 bits per heavy atom. The van der Waals surface area contributed by atoms with Crippen molar-refractivity contribution in [3.05, 3.63) is 60.2 Å². The van der Waals surface area contributed by atoms with E-state index in [-0.39, 0.29) is 11.8 Å². The van der Waals surface area contributed by atoms with Crippen LogP contribution in [0.3, 0.4) is 0 Å². The number of ether oxygens (including phenoxy) is 1. The van der Waals surface area contributed by atoms with E-state index in [1.807, 2.05) is 54.6 Å². The summed E-state index contributed by atoms with van der Waals surface area (Å²) in [5.41, 5.74) is 2.74. The fourth-order valence-corrected chi connectivity index (χ4v) is 2.39. The number of esters is 1. The summed E-state index contributed by atoms with van der Waals surface area (Å²) in [6, 6.07) is 17.6. The second kappa shape index (κ2) is 8.13. The molecule has 0 fully saturated rings. The molecule has 0 bridgehead atoms. The molecule has 0 aliphatic carbocycles. The third-order valence-electron chi connectivity index (χ3n) is 3.57. The van der Waals surface area contributed by atoms with Crippen LogP contribution in [0.15, 0.2) is 54.6 Å². The number of hydrogen-bond donors (Lipinski definition) is 0. The van der Waals surface area contributed by atoms with Gasteiger partial charge < -0.3 is 4.74 Å². The van der Waals surface area contributed by atoms with E-state index in [0.29, 0.717) is 25.7 Å². The van der Waals surface area contributed by atoms with Gasteiger partial charge in [-0.25, -0.2) is 0 Å². The van der Waals surface area contributed by atoms with Crippen molar-refractivity contribution in [2.45, 2.75) is 25.7 Å². The molecule has 2 rings (SSSR count). The Morgan fingerprint density at radius 3 is 2.23 bits per heavy atom. The Labute approximate surface area is 130 Å². The van der Waals surface area contributed by atoms with Crippen LogP contribution in [-0.4, -0.2) is 18.9 Å². The molecule has 0 aliphatic rings. The van der Waals surface area contributed by atoms with Gasteiger partial charge in [0.25, 0.3) is 0 Å². The maximum absolute atomic E-state index is 12.4. The number of benzene rings is 2. The summed E-state index contributed by atoms with van der Waals surface area (Å²) in [7, 11) is 1.38. The summed E-state index contributed by atoms with van der Waals surface area (Å²) in [6.45, 7) is 0. The smallest absolute Gasteiger partial charge is 0.305 e. The standard InChI is InChI=1S/C19H20O3/c1-22-19(21)14-8-7-13-18(20)17-12-6-5-11-16(17)15-9-3-2-4-10-15/h2-6,9-12H,7-8,13-14H2,1H3. The molecule has 0 amide bonds. The fourth-order valence-electron chi connectivity index (χ4n) is 2.39. The lowest BCUT2D eigenvalue weighted by molar-refractivity contribution is -0.140. The molecule has 0 aliphatic heterocycles. The summed E-state index contributed by atoms with van der Waals surface area (Å²) >= 11 is 0. The van der Waals surface area contributed by atoms with Crippen LogP contribution >= 0.6 is 0 Å². The van der Waals surface area contributed by atoms with Gasteiger partial charge in [0.1, 0.15) is 0 Å². The van der Waals surface area contributed by atoms with Crippen LogP contribution in [0.2, 0.25) is 0 Å². The van der Waals surface area contributed by atoms with Crippen molar-refractivity contribution in [2.75, 3.05) is 7.11 Å². The summed E-state index contributed by atoms with van der Waals surface area (Å²) in [6.07, 6.45) is 2.17. The second-order valence-electron chi connectivity index (χ2n) is 5.12. The maximum atomic E-state index is 12.4. The minimum Gasteiger partial charge on any atom is -0.469 e. The Hall–Kier alpha value is -2.42. The van der Waals surface area contributed by atoms with E-state index in [2.05, 4.69) is 4.74 Å². The highest BCUT2D eigenvalue weighted by atomic mass is 16.5. The average molecular weight is 296 g/mol. The van der Waals surface area contributed by atoms with Gasteiger partial charge in [0, 0.05) is 18.4 Å². The molecule has 0 saturated carbocycles. The fraction of sp³-hybridized carbons (Fsp3) is 0.263. The minimum atomic E-state index is -0.225. The summed E-state index contributed by atoms with van der Waals surface area (Å²) in [5, 5.41) is 0. The Balaban J connectivity index is 2.03. The van der Waals surface area contributed by atoms with Crippen LogP contribution < -0.4 is 0 Å². The highest BCUT2D eigenvalue weighted by Gasteiger charge is 2.12. The van der Waals surface area contributed by atoms with Crippen LogP contribution in [0.5, 0.6) is 0 Å². The Kier molecular flexibility index (Phi) is 5.90. The number of carbonyl (C=O) groups is 2. The lowest BCUT2D eigenvalue weighted by Crippen LogP contribution is -2.03. The number of unbranched alkanes of at least 4 members (excludes halogenated alkanes) is 1. The van der Waals surface area contributed by atoms with Crippen molar-refractivity contribution < 1.29 is 14.3 Å². The minimum absolute atomic E-state index is 0.115. The van der Waals surface area contributed by atoms with E-state index in [9.17, 15) is 9.59 Å². The lowest BCUT2D eigenvalue weighted by atomic mass is 9.95. The van der Waals surface area contributed by atoms with Gasteiger partial charge in [0.2, 0.25) is 0 Å². The Morgan fingerprint density at radius 1 is 0.864 bits per heavy atom. The first-order valence-electron chi connectivity index (χ1n) is 7.47. The second-order valence-corrected chi connectivity index (χ2v) is 5.12. The third kappa shape index (κ3) is 4.29. The highest BCUT2D eigenvalue weighted by Crippen LogP contribution is 2.25. The number of Topliss-reactive ketones (excluding diaryl/α,β-unsaturated/α-hetero) is 1. The predicted octanol–water partition coefficient (Wildman–Crippen LogP) is 4.27. The van der Waals surface area contributed by atoms with E-state index < -0.39 is 0 Å². The molecule has 0 spiro atoms. The van der Waals surface area contributed by atoms with Gasteiger partial charge in [0.05, 0.1) is 7.11 Å². The van der Waals surface area contributed by atoms with Gasteiger partial charge in [0.15, 0.2) is 5.78 Å². The zero-order valence-electron chi connectivity index (χ0n) is 12.7. The lowest BCUT2D eigenvalue weighted by Gasteiger charge is -2.09. The van der Waals surface area contributed by atoms with Crippen molar-refractivity contribution in [3.63, 3.8) is 0 Å². The van der Waals surface area contributed by atoms with Gasteiger partial charge in [-0.3, -0.25) is 9.59 Å². The van der Waals surface area contributed by atoms with Crippen LogP contribution in [0.4, 0.5) is 0 Å². The SMILES string of the molecule is COC(=O)CCCCC(=O)c1ccccc1-c1ccccc1. The highest BCUT2D eigenvalue weighted by molar-refractivity contribution is 6.02. The molecule has 2 aromatic rings. The molecule has 0 aromatic heterocycles. The van der Waals surface area contributed by atoms with E-state index >= 15 is 0 Å². The topological polar surface area (TPSA) is 43.4 Å². The monoisotopic (exact) mass is 296 g/mol. The molecule has 3 heteroatoms. The van der Waals surface area contributed by atoms with E-state index in [4.69, 9.17) is 0 Å². The molecule has 114 valence electrons. The van der Waals surface area contributed by atoms with E-state index in [1.54, 1.807) is 0 Å². The molecule has 0 saturated heterocycles. The van der Waals surface area contributed by atoms with Crippen molar-refractivity contribution in [1.29, 1.82) is 0 Å². The van der Waals surface area contributed by atoms with Crippen molar-refractivity contribution in [1.82, 2.24) is 0 Å². The van der Waals surface area contributed by atoms with Crippen molar-refractivity contribution in [3.8, 4) is 11.1 Å². The van der Waals surface area contributed by atoms with Gasteiger partial charge in [-0.1, -0.05) is 54.6 Å². The molecule has 0 radical (unpaired) electrons. The summed E-state index contributed by atoms with van der Waals surface area (Å²) < 4.78 is 4.59. The first-order chi connectivity index (χ1) is 10.7. The Bertz CT molecular complexity index is 632. The molecule has 3 nitrogen and oxygen atoms in total. The number of carbonyl (C=O) groups excluding carboxylic acids is 2. The largest absolute Gasteiger partial charge is 0.469 e. The maximum Gasteiger partial charge on any atom is 0.305 e. The number of ketones is 1. The zero-order valence-corrected chi connectivity index (χ0v) is 12.7. The van der Waals surface area contributed by atoms with E-state index in [1.165, 1.54) is 7.11 Å². The number of rotatable bonds is 7. The van der Waals surface area contributed by atoms with Gasteiger partial charge >= 0.3 is 5.97 Å². The molecule has 0 atom stereocenters. The number of methoxy groups -OCH3 is 1. The normalized spacial score (nSPS) is 10.2. The first-order valence-corrected chi connectivity index (χ1v) is 7.47. The number of hydrogen-bond acceptors (Lipinski definition) is 3. The van der Waals surface area contributed by atoms with Gasteiger partial charge in [-0.05, 0) is 24.0 Å². The molecule has 22 heavy (non-hydrogen) atoms. The molecule has 0 N–H and O–H groups in total. The van der Waals surface area contributed by atoms with E-state index in [0.717, 1.165) is 16.7 Å². The molecule has 2 aromatic carbocycles. The van der Waals surface area contributed by atoms with Crippen LogP contribution in [0, 0.1) is 0 Å². The third-order valence-corrected chi connectivity index (χ3v) is 3.57. The molecular formula is C19H20O3. The molecular weight excluding hydrogens is 276 g/mol. The first kappa shape index (κ1) is 16.0. The zero-order chi connectivity index (χ0) is 15.8. The summed E-state index contributed by atoms with van der Waals surface area (Å²) in [4.78, 5) is 23.5. The molecule has 0 unspecified atom stereocenters. The average Bonchev–Trinajstić information content (AvgIpc) is 2.59. The summed E-state index contributed by atoms with van der Waals surface area (Å²) in [5.74, 6) is -0.110. The quantitative estimate of drug-likeness (QED) is 0.435. The predicted molar refractivity (Wildman–Crippen MR) is 86.7 cm³/mol. The van der Waals surface area contributed by atoms with Gasteiger partial charge in [-0.15, -0.1) is 0 Å². The van der Waals surface area contributed by atoms with Crippen LogP contribution in [0.1, 0.15) is 36.0 Å². The van der Waals surface area contributed by atoms with Crippen molar-refractivity contribution in [2.24, 2.45) is 0 Å². The molecule has 0 heterocycles. The van der Waals surface area contributed by atoms with Crippen molar-refractivity contribution >= 4 is 11.8 Å². The van der Waals surface area contributed by atoms with Gasteiger partial charge in [-0.2, -0.15) is 0 Å². The van der Waals surface area contributed by atoms with Crippen LogP contribution in [-0.2, 0) is 9.53 Å². The van der Waals surface area contributed by atoms with Crippen LogP contribution in [0.25, 0.3) is 11.1 Å².